The van der Waals surface area contributed by atoms with E-state index < -0.39 is 5.41 Å². The first-order valence-electron chi connectivity index (χ1n) is 7.15. The van der Waals surface area contributed by atoms with Crippen LogP contribution in [0.3, 0.4) is 0 Å². The lowest BCUT2D eigenvalue weighted by Crippen LogP contribution is -2.39. The summed E-state index contributed by atoms with van der Waals surface area (Å²) in [6.45, 7) is 9.03. The summed E-state index contributed by atoms with van der Waals surface area (Å²) in [5, 5.41) is 2.91. The Morgan fingerprint density at radius 3 is 2.70 bits per heavy atom. The number of benzene rings is 1. The van der Waals surface area contributed by atoms with Crippen molar-refractivity contribution in [3.05, 3.63) is 24.3 Å². The fraction of sp³-hybridized carbons (Fsp3) is 0.562. The van der Waals surface area contributed by atoms with Gasteiger partial charge in [0, 0.05) is 18.3 Å². The lowest BCUT2D eigenvalue weighted by Gasteiger charge is -2.25. The molecule has 1 amide bonds. The van der Waals surface area contributed by atoms with Crippen LogP contribution in [0, 0.1) is 11.3 Å². The first-order valence-corrected chi connectivity index (χ1v) is 7.15. The second-order valence-electron chi connectivity index (χ2n) is 5.81. The molecule has 0 aliphatic heterocycles. The topological polar surface area (TPSA) is 64.4 Å². The van der Waals surface area contributed by atoms with Gasteiger partial charge >= 0.3 is 0 Å². The van der Waals surface area contributed by atoms with Gasteiger partial charge in [0.05, 0.1) is 12.0 Å². The van der Waals surface area contributed by atoms with E-state index in [4.69, 9.17) is 10.5 Å². The minimum atomic E-state index is -0.533. The number of nitrogens with one attached hydrogen (secondary N) is 1. The van der Waals surface area contributed by atoms with Crippen molar-refractivity contribution >= 4 is 11.6 Å². The Bertz CT molecular complexity index is 440. The lowest BCUT2D eigenvalue weighted by molar-refractivity contribution is -0.124. The summed E-state index contributed by atoms with van der Waals surface area (Å²) in [4.78, 5) is 12.2. The normalized spacial score (nSPS) is 13.9. The summed E-state index contributed by atoms with van der Waals surface area (Å²) in [5.74, 6) is 1.18. The SMILES string of the molecule is CCC(C)(CN)C(=O)Nc1cccc(OCC(C)C)c1. The third kappa shape index (κ3) is 4.53. The number of hydrogen-bond donors (Lipinski definition) is 2. The summed E-state index contributed by atoms with van der Waals surface area (Å²) >= 11 is 0. The van der Waals surface area contributed by atoms with Crippen molar-refractivity contribution in [2.45, 2.75) is 34.1 Å². The summed E-state index contributed by atoms with van der Waals surface area (Å²) in [7, 11) is 0. The van der Waals surface area contributed by atoms with Gasteiger partial charge in [0.15, 0.2) is 0 Å². The number of rotatable bonds is 7. The molecule has 0 heterocycles. The Morgan fingerprint density at radius 1 is 1.45 bits per heavy atom. The molecule has 0 radical (unpaired) electrons. The predicted molar refractivity (Wildman–Crippen MR) is 82.9 cm³/mol. The van der Waals surface area contributed by atoms with Crippen LogP contribution < -0.4 is 15.8 Å². The molecule has 1 aromatic carbocycles. The molecule has 0 fully saturated rings. The molecule has 0 aliphatic carbocycles. The van der Waals surface area contributed by atoms with Crippen LogP contribution in [0.5, 0.6) is 5.75 Å². The molecule has 112 valence electrons. The zero-order valence-corrected chi connectivity index (χ0v) is 12.9. The van der Waals surface area contributed by atoms with Gasteiger partial charge in [0.2, 0.25) is 5.91 Å². The van der Waals surface area contributed by atoms with Gasteiger partial charge in [-0.25, -0.2) is 0 Å². The van der Waals surface area contributed by atoms with E-state index in [-0.39, 0.29) is 5.91 Å². The third-order valence-corrected chi connectivity index (χ3v) is 3.45. The van der Waals surface area contributed by atoms with Gasteiger partial charge in [0.25, 0.3) is 0 Å². The van der Waals surface area contributed by atoms with Crippen LogP contribution in [0.2, 0.25) is 0 Å². The van der Waals surface area contributed by atoms with E-state index in [1.54, 1.807) is 0 Å². The first kappa shape index (κ1) is 16.5. The number of anilines is 1. The van der Waals surface area contributed by atoms with Gasteiger partial charge in [-0.1, -0.05) is 26.8 Å². The Labute approximate surface area is 121 Å². The predicted octanol–water partition coefficient (Wildman–Crippen LogP) is 3.03. The molecule has 0 saturated heterocycles. The molecule has 0 aromatic heterocycles. The van der Waals surface area contributed by atoms with Gasteiger partial charge in [-0.3, -0.25) is 4.79 Å². The maximum Gasteiger partial charge on any atom is 0.231 e. The number of amides is 1. The third-order valence-electron chi connectivity index (χ3n) is 3.45. The summed E-state index contributed by atoms with van der Waals surface area (Å²) in [6.07, 6.45) is 0.707. The molecule has 1 unspecified atom stereocenters. The smallest absolute Gasteiger partial charge is 0.231 e. The van der Waals surface area contributed by atoms with E-state index in [2.05, 4.69) is 19.2 Å². The van der Waals surface area contributed by atoms with E-state index in [1.165, 1.54) is 0 Å². The number of carbonyl (C=O) groups excluding carboxylic acids is 1. The van der Waals surface area contributed by atoms with Crippen molar-refractivity contribution in [2.24, 2.45) is 17.1 Å². The zero-order chi connectivity index (χ0) is 15.2. The fourth-order valence-electron chi connectivity index (χ4n) is 1.61. The van der Waals surface area contributed by atoms with Crippen molar-refractivity contribution in [3.63, 3.8) is 0 Å². The molecular weight excluding hydrogens is 252 g/mol. The summed E-state index contributed by atoms with van der Waals surface area (Å²) in [6, 6.07) is 7.45. The van der Waals surface area contributed by atoms with Crippen LogP contribution in [-0.4, -0.2) is 19.1 Å². The number of nitrogens with two attached hydrogens (primary N) is 1. The van der Waals surface area contributed by atoms with E-state index in [9.17, 15) is 4.79 Å². The van der Waals surface area contributed by atoms with Crippen LogP contribution in [0.25, 0.3) is 0 Å². The Hall–Kier alpha value is -1.55. The highest BCUT2D eigenvalue weighted by Gasteiger charge is 2.29. The molecule has 0 saturated carbocycles. The van der Waals surface area contributed by atoms with E-state index >= 15 is 0 Å². The van der Waals surface area contributed by atoms with Crippen LogP contribution in [0.1, 0.15) is 34.1 Å². The molecule has 1 aromatic rings. The van der Waals surface area contributed by atoms with Crippen molar-refractivity contribution in [1.82, 2.24) is 0 Å². The highest BCUT2D eigenvalue weighted by atomic mass is 16.5. The maximum absolute atomic E-state index is 12.2. The van der Waals surface area contributed by atoms with E-state index in [0.717, 1.165) is 11.4 Å². The molecule has 1 atom stereocenters. The molecule has 0 spiro atoms. The average molecular weight is 278 g/mol. The van der Waals surface area contributed by atoms with Crippen LogP contribution in [0.4, 0.5) is 5.69 Å². The quantitative estimate of drug-likeness (QED) is 0.805. The van der Waals surface area contributed by atoms with Gasteiger partial charge in [-0.2, -0.15) is 0 Å². The average Bonchev–Trinajstić information content (AvgIpc) is 2.44. The number of hydrogen-bond acceptors (Lipinski definition) is 3. The number of carbonyl (C=O) groups is 1. The minimum absolute atomic E-state index is 0.0523. The lowest BCUT2D eigenvalue weighted by atomic mass is 9.86. The highest BCUT2D eigenvalue weighted by Crippen LogP contribution is 2.24. The van der Waals surface area contributed by atoms with Gasteiger partial charge in [-0.15, -0.1) is 0 Å². The van der Waals surface area contributed by atoms with Gasteiger partial charge < -0.3 is 15.8 Å². The maximum atomic E-state index is 12.2. The molecule has 4 nitrogen and oxygen atoms in total. The van der Waals surface area contributed by atoms with Crippen LogP contribution >= 0.6 is 0 Å². The number of ether oxygens (including phenoxy) is 1. The van der Waals surface area contributed by atoms with E-state index in [1.807, 2.05) is 38.1 Å². The van der Waals surface area contributed by atoms with E-state index in [0.29, 0.717) is 25.5 Å². The minimum Gasteiger partial charge on any atom is -0.493 e. The van der Waals surface area contributed by atoms with Crippen molar-refractivity contribution in [3.8, 4) is 5.75 Å². The summed E-state index contributed by atoms with van der Waals surface area (Å²) < 4.78 is 5.65. The molecule has 3 N–H and O–H groups in total. The van der Waals surface area contributed by atoms with Crippen molar-refractivity contribution in [1.29, 1.82) is 0 Å². The highest BCUT2D eigenvalue weighted by molar-refractivity contribution is 5.95. The molecule has 20 heavy (non-hydrogen) atoms. The molecule has 0 bridgehead atoms. The Kier molecular flexibility index (Phi) is 6.02. The largest absolute Gasteiger partial charge is 0.493 e. The van der Waals surface area contributed by atoms with Crippen molar-refractivity contribution < 1.29 is 9.53 Å². The Morgan fingerprint density at radius 2 is 2.15 bits per heavy atom. The van der Waals surface area contributed by atoms with Crippen molar-refractivity contribution in [2.75, 3.05) is 18.5 Å². The van der Waals surface area contributed by atoms with Crippen LogP contribution in [-0.2, 0) is 4.79 Å². The zero-order valence-electron chi connectivity index (χ0n) is 12.9. The second kappa shape index (κ2) is 7.29. The van der Waals surface area contributed by atoms with Crippen LogP contribution in [0.15, 0.2) is 24.3 Å². The monoisotopic (exact) mass is 278 g/mol. The first-order chi connectivity index (χ1) is 9.41. The second-order valence-corrected chi connectivity index (χ2v) is 5.81. The molecule has 1 rings (SSSR count). The Balaban J connectivity index is 2.73. The standard InChI is InChI=1S/C16H26N2O2/c1-5-16(4,11-17)15(19)18-13-7-6-8-14(9-13)20-10-12(2)3/h6-9,12H,5,10-11,17H2,1-4H3,(H,18,19). The molecular formula is C16H26N2O2. The fourth-order valence-corrected chi connectivity index (χ4v) is 1.61. The summed E-state index contributed by atoms with van der Waals surface area (Å²) in [5.41, 5.74) is 5.90. The van der Waals surface area contributed by atoms with Gasteiger partial charge in [-0.05, 0) is 31.4 Å². The van der Waals surface area contributed by atoms with Gasteiger partial charge in [0.1, 0.15) is 5.75 Å². The molecule has 4 heteroatoms. The molecule has 0 aliphatic rings.